The van der Waals surface area contributed by atoms with Gasteiger partial charge in [0.1, 0.15) is 0 Å². The number of fused-ring (bicyclic) bond motifs is 1. The molecule has 2 aliphatic heterocycles. The number of hydrogen-bond acceptors (Lipinski definition) is 5. The van der Waals surface area contributed by atoms with Crippen LogP contribution < -0.4 is 14.4 Å². The van der Waals surface area contributed by atoms with E-state index in [1.54, 1.807) is 21.9 Å². The summed E-state index contributed by atoms with van der Waals surface area (Å²) in [5.41, 5.74) is 2.24. The SMILES string of the molecule is COC(=O)c1ccc(CN2CCN(c3ccc4c(c3)OCO4)C2=O)cc1. The molecular formula is C19H18N2O5. The molecule has 2 amide bonds. The lowest BCUT2D eigenvalue weighted by Crippen LogP contribution is -2.31. The fourth-order valence-corrected chi connectivity index (χ4v) is 3.11. The van der Waals surface area contributed by atoms with Gasteiger partial charge in [-0.05, 0) is 29.8 Å². The minimum absolute atomic E-state index is 0.0547. The zero-order valence-corrected chi connectivity index (χ0v) is 14.3. The molecule has 0 atom stereocenters. The molecule has 1 saturated heterocycles. The van der Waals surface area contributed by atoms with Crippen LogP contribution in [-0.4, -0.2) is 43.9 Å². The molecule has 0 radical (unpaired) electrons. The average molecular weight is 354 g/mol. The van der Waals surface area contributed by atoms with E-state index in [2.05, 4.69) is 0 Å². The quantitative estimate of drug-likeness (QED) is 0.790. The molecule has 0 bridgehead atoms. The Kier molecular flexibility index (Phi) is 4.12. The number of urea groups is 1. The maximum atomic E-state index is 12.7. The Hall–Kier alpha value is -3.22. The van der Waals surface area contributed by atoms with E-state index in [4.69, 9.17) is 14.2 Å². The molecule has 7 nitrogen and oxygen atoms in total. The summed E-state index contributed by atoms with van der Waals surface area (Å²) in [6.45, 7) is 1.94. The maximum absolute atomic E-state index is 12.7. The predicted molar refractivity (Wildman–Crippen MR) is 93.5 cm³/mol. The minimum Gasteiger partial charge on any atom is -0.465 e. The van der Waals surface area contributed by atoms with Crippen LogP contribution in [0.15, 0.2) is 42.5 Å². The normalized spacial score (nSPS) is 15.5. The van der Waals surface area contributed by atoms with Gasteiger partial charge < -0.3 is 19.1 Å². The van der Waals surface area contributed by atoms with E-state index >= 15 is 0 Å². The smallest absolute Gasteiger partial charge is 0.337 e. The average Bonchev–Trinajstić information content (AvgIpc) is 3.28. The topological polar surface area (TPSA) is 68.3 Å². The van der Waals surface area contributed by atoms with Gasteiger partial charge in [0.05, 0.1) is 12.7 Å². The summed E-state index contributed by atoms with van der Waals surface area (Å²) < 4.78 is 15.4. The highest BCUT2D eigenvalue weighted by molar-refractivity contribution is 5.94. The summed E-state index contributed by atoms with van der Waals surface area (Å²) in [7, 11) is 1.35. The monoisotopic (exact) mass is 354 g/mol. The van der Waals surface area contributed by atoms with Gasteiger partial charge in [-0.3, -0.25) is 4.90 Å². The Balaban J connectivity index is 1.45. The third-order valence-electron chi connectivity index (χ3n) is 4.51. The Bertz CT molecular complexity index is 850. The number of hydrogen-bond donors (Lipinski definition) is 0. The van der Waals surface area contributed by atoms with Crippen molar-refractivity contribution in [3.05, 3.63) is 53.6 Å². The van der Waals surface area contributed by atoms with Crippen LogP contribution in [0.5, 0.6) is 11.5 Å². The van der Waals surface area contributed by atoms with E-state index in [1.807, 2.05) is 30.3 Å². The second kappa shape index (κ2) is 6.59. The number of anilines is 1. The molecule has 26 heavy (non-hydrogen) atoms. The summed E-state index contributed by atoms with van der Waals surface area (Å²) in [4.78, 5) is 27.7. The van der Waals surface area contributed by atoms with E-state index < -0.39 is 0 Å². The Labute approximate surface area is 150 Å². The molecule has 0 aliphatic carbocycles. The molecular weight excluding hydrogens is 336 g/mol. The second-order valence-electron chi connectivity index (χ2n) is 6.08. The molecule has 1 fully saturated rings. The van der Waals surface area contributed by atoms with Crippen molar-refractivity contribution in [3.63, 3.8) is 0 Å². The highest BCUT2D eigenvalue weighted by atomic mass is 16.7. The van der Waals surface area contributed by atoms with Gasteiger partial charge >= 0.3 is 12.0 Å². The van der Waals surface area contributed by atoms with Crippen LogP contribution in [0.4, 0.5) is 10.5 Å². The van der Waals surface area contributed by atoms with Gasteiger partial charge in [-0.2, -0.15) is 0 Å². The largest absolute Gasteiger partial charge is 0.465 e. The summed E-state index contributed by atoms with van der Waals surface area (Å²) >= 11 is 0. The van der Waals surface area contributed by atoms with Crippen molar-refractivity contribution >= 4 is 17.7 Å². The third-order valence-corrected chi connectivity index (χ3v) is 4.51. The minimum atomic E-state index is -0.372. The van der Waals surface area contributed by atoms with Crippen LogP contribution in [0, 0.1) is 0 Å². The number of benzene rings is 2. The number of amides is 2. The van der Waals surface area contributed by atoms with Crippen molar-refractivity contribution in [2.75, 3.05) is 31.9 Å². The number of rotatable bonds is 4. The lowest BCUT2D eigenvalue weighted by atomic mass is 10.1. The van der Waals surface area contributed by atoms with Crippen molar-refractivity contribution in [2.24, 2.45) is 0 Å². The molecule has 0 unspecified atom stereocenters. The Morgan fingerprint density at radius 1 is 1.08 bits per heavy atom. The zero-order valence-electron chi connectivity index (χ0n) is 14.3. The summed E-state index contributed by atoms with van der Waals surface area (Å²) in [6.07, 6.45) is 0. The summed E-state index contributed by atoms with van der Waals surface area (Å²) in [6, 6.07) is 12.5. The van der Waals surface area contributed by atoms with Gasteiger partial charge in [-0.15, -0.1) is 0 Å². The fourth-order valence-electron chi connectivity index (χ4n) is 3.11. The summed E-state index contributed by atoms with van der Waals surface area (Å²) in [5, 5.41) is 0. The predicted octanol–water partition coefficient (Wildman–Crippen LogP) is 2.64. The molecule has 0 saturated carbocycles. The van der Waals surface area contributed by atoms with Crippen molar-refractivity contribution in [3.8, 4) is 11.5 Å². The van der Waals surface area contributed by atoms with Gasteiger partial charge in [0, 0.05) is 31.4 Å². The van der Waals surface area contributed by atoms with E-state index in [0.717, 1.165) is 11.3 Å². The molecule has 134 valence electrons. The third kappa shape index (κ3) is 2.92. The first kappa shape index (κ1) is 16.3. The molecule has 2 aliphatic rings. The van der Waals surface area contributed by atoms with Gasteiger partial charge in [-0.25, -0.2) is 9.59 Å². The van der Waals surface area contributed by atoms with Crippen molar-refractivity contribution < 1.29 is 23.8 Å². The first-order valence-corrected chi connectivity index (χ1v) is 8.29. The second-order valence-corrected chi connectivity index (χ2v) is 6.08. The van der Waals surface area contributed by atoms with Crippen LogP contribution in [0.1, 0.15) is 15.9 Å². The lowest BCUT2D eigenvalue weighted by molar-refractivity contribution is 0.0600. The molecule has 0 spiro atoms. The standard InChI is InChI=1S/C19H18N2O5/c1-24-18(22)14-4-2-13(3-5-14)11-20-8-9-21(19(20)23)15-6-7-16-17(10-15)26-12-25-16/h2-7,10H,8-9,11-12H2,1H3. The van der Waals surface area contributed by atoms with E-state index in [9.17, 15) is 9.59 Å². The van der Waals surface area contributed by atoms with Crippen molar-refractivity contribution in [1.29, 1.82) is 0 Å². The first-order chi connectivity index (χ1) is 12.7. The molecule has 2 aromatic carbocycles. The number of ether oxygens (including phenoxy) is 3. The van der Waals surface area contributed by atoms with Gasteiger partial charge in [0.15, 0.2) is 11.5 Å². The molecule has 2 heterocycles. The highest BCUT2D eigenvalue weighted by Gasteiger charge is 2.30. The van der Waals surface area contributed by atoms with E-state index in [1.165, 1.54) is 7.11 Å². The van der Waals surface area contributed by atoms with Gasteiger partial charge in [-0.1, -0.05) is 12.1 Å². The van der Waals surface area contributed by atoms with E-state index in [0.29, 0.717) is 36.7 Å². The fraction of sp³-hybridized carbons (Fsp3) is 0.263. The van der Waals surface area contributed by atoms with Crippen LogP contribution in [-0.2, 0) is 11.3 Å². The van der Waals surface area contributed by atoms with Gasteiger partial charge in [0.2, 0.25) is 6.79 Å². The molecule has 0 aromatic heterocycles. The zero-order chi connectivity index (χ0) is 18.1. The molecule has 7 heteroatoms. The van der Waals surface area contributed by atoms with Gasteiger partial charge in [0.25, 0.3) is 0 Å². The number of methoxy groups -OCH3 is 1. The lowest BCUT2D eigenvalue weighted by Gasteiger charge is -2.19. The molecule has 4 rings (SSSR count). The Morgan fingerprint density at radius 2 is 1.85 bits per heavy atom. The van der Waals surface area contributed by atoms with Crippen molar-refractivity contribution in [1.82, 2.24) is 4.90 Å². The number of carbonyl (C=O) groups excluding carboxylic acids is 2. The number of esters is 1. The van der Waals surface area contributed by atoms with E-state index in [-0.39, 0.29) is 18.8 Å². The van der Waals surface area contributed by atoms with Crippen LogP contribution in [0.25, 0.3) is 0 Å². The van der Waals surface area contributed by atoms with Crippen LogP contribution in [0.2, 0.25) is 0 Å². The molecule has 2 aromatic rings. The summed E-state index contributed by atoms with van der Waals surface area (Å²) in [5.74, 6) is 0.984. The van der Waals surface area contributed by atoms with Crippen molar-refractivity contribution in [2.45, 2.75) is 6.54 Å². The van der Waals surface area contributed by atoms with Crippen LogP contribution in [0.3, 0.4) is 0 Å². The highest BCUT2D eigenvalue weighted by Crippen LogP contribution is 2.36. The Morgan fingerprint density at radius 3 is 2.62 bits per heavy atom. The number of carbonyl (C=O) groups is 2. The first-order valence-electron chi connectivity index (χ1n) is 8.29. The molecule has 0 N–H and O–H groups in total. The number of nitrogens with zero attached hydrogens (tertiary/aromatic N) is 2. The van der Waals surface area contributed by atoms with Crippen LogP contribution >= 0.6 is 0 Å². The maximum Gasteiger partial charge on any atom is 0.337 e.